The highest BCUT2D eigenvalue weighted by molar-refractivity contribution is 5.83. The van der Waals surface area contributed by atoms with Crippen molar-refractivity contribution in [3.8, 4) is 11.1 Å². The summed E-state index contributed by atoms with van der Waals surface area (Å²) in [5.41, 5.74) is 2.67. The van der Waals surface area contributed by atoms with E-state index in [1.165, 1.54) is 23.0 Å². The maximum Gasteiger partial charge on any atom is 0.283 e. The number of fused-ring (bicyclic) bond motifs is 3. The van der Waals surface area contributed by atoms with Crippen molar-refractivity contribution in [3.63, 3.8) is 0 Å². The Balaban J connectivity index is 1.92. The molecule has 0 bridgehead atoms. The molecule has 4 aromatic rings. The third-order valence-electron chi connectivity index (χ3n) is 4.73. The summed E-state index contributed by atoms with van der Waals surface area (Å²) in [5, 5.41) is 13.0. The van der Waals surface area contributed by atoms with E-state index < -0.39 is 0 Å². The van der Waals surface area contributed by atoms with Crippen molar-refractivity contribution in [1.29, 1.82) is 0 Å². The third kappa shape index (κ3) is 3.49. The van der Waals surface area contributed by atoms with Crippen molar-refractivity contribution in [2.24, 2.45) is 5.92 Å². The van der Waals surface area contributed by atoms with Gasteiger partial charge in [-0.25, -0.2) is 9.37 Å². The third-order valence-corrected chi connectivity index (χ3v) is 4.73. The van der Waals surface area contributed by atoms with Gasteiger partial charge in [-0.2, -0.15) is 9.61 Å². The molecule has 0 amide bonds. The summed E-state index contributed by atoms with van der Waals surface area (Å²) in [7, 11) is 1.56. The second-order valence-corrected chi connectivity index (χ2v) is 7.29. The fourth-order valence-electron chi connectivity index (χ4n) is 3.21. The zero-order valence-corrected chi connectivity index (χ0v) is 16.5. The number of hydrogen-bond acceptors (Lipinski definition) is 6. The molecule has 0 radical (unpaired) electrons. The molecule has 8 nitrogen and oxygen atoms in total. The number of benzene rings is 1. The van der Waals surface area contributed by atoms with Crippen LogP contribution in [0.15, 0.2) is 35.4 Å². The van der Waals surface area contributed by atoms with Crippen molar-refractivity contribution >= 4 is 16.8 Å². The molecule has 0 aliphatic rings. The van der Waals surface area contributed by atoms with Gasteiger partial charge in [0, 0.05) is 13.7 Å². The molecule has 0 atom stereocenters. The molecule has 1 aromatic carbocycles. The van der Waals surface area contributed by atoms with Crippen LogP contribution in [0.3, 0.4) is 0 Å². The monoisotopic (exact) mass is 396 g/mol. The smallest absolute Gasteiger partial charge is 0.283 e. The molecule has 0 aliphatic carbocycles. The maximum atomic E-state index is 13.4. The van der Waals surface area contributed by atoms with Gasteiger partial charge in [0.1, 0.15) is 12.1 Å². The fraction of sp³-hybridized carbons (Fsp3) is 0.350. The van der Waals surface area contributed by atoms with Gasteiger partial charge < -0.3 is 4.74 Å². The van der Waals surface area contributed by atoms with Crippen LogP contribution >= 0.6 is 0 Å². The van der Waals surface area contributed by atoms with E-state index in [1.807, 2.05) is 0 Å². The molecule has 0 fully saturated rings. The predicted octanol–water partition coefficient (Wildman–Crippen LogP) is 2.83. The first-order chi connectivity index (χ1) is 14.0. The van der Waals surface area contributed by atoms with Crippen molar-refractivity contribution in [2.75, 3.05) is 7.11 Å². The number of halogens is 1. The predicted molar refractivity (Wildman–Crippen MR) is 106 cm³/mol. The number of nitrogens with zero attached hydrogens (tertiary/aromatic N) is 6. The lowest BCUT2D eigenvalue weighted by atomic mass is 10.1. The molecule has 3 heterocycles. The van der Waals surface area contributed by atoms with E-state index in [9.17, 15) is 9.18 Å². The van der Waals surface area contributed by atoms with Crippen LogP contribution in [0.1, 0.15) is 26.0 Å². The van der Waals surface area contributed by atoms with Gasteiger partial charge in [-0.05, 0) is 30.0 Å². The Morgan fingerprint density at radius 3 is 2.59 bits per heavy atom. The summed E-state index contributed by atoms with van der Waals surface area (Å²) in [6.07, 6.45) is 2.38. The van der Waals surface area contributed by atoms with Gasteiger partial charge in [0.15, 0.2) is 16.8 Å². The van der Waals surface area contributed by atoms with Gasteiger partial charge in [-0.3, -0.25) is 9.36 Å². The average molecular weight is 396 g/mol. The molecule has 150 valence electrons. The van der Waals surface area contributed by atoms with Crippen LogP contribution in [0.4, 0.5) is 4.39 Å². The molecule has 0 unspecified atom stereocenters. The fourth-order valence-corrected chi connectivity index (χ4v) is 3.21. The lowest BCUT2D eigenvalue weighted by Crippen LogP contribution is -2.23. The number of hydrogen-bond donors (Lipinski definition) is 0. The number of ether oxygens (including phenoxy) is 1. The Morgan fingerprint density at radius 2 is 1.90 bits per heavy atom. The van der Waals surface area contributed by atoms with Crippen LogP contribution in [0.25, 0.3) is 27.9 Å². The zero-order valence-electron chi connectivity index (χ0n) is 16.5. The summed E-state index contributed by atoms with van der Waals surface area (Å²) >= 11 is 0. The average Bonchev–Trinajstić information content (AvgIpc) is 3.07. The van der Waals surface area contributed by atoms with E-state index in [4.69, 9.17) is 4.74 Å². The van der Waals surface area contributed by atoms with Crippen LogP contribution in [-0.2, 0) is 17.9 Å². The molecule has 0 aliphatic heterocycles. The number of methoxy groups -OCH3 is 1. The Bertz CT molecular complexity index is 1230. The van der Waals surface area contributed by atoms with Crippen LogP contribution in [-0.4, -0.2) is 36.5 Å². The Labute approximate surface area is 166 Å². The largest absolute Gasteiger partial charge is 0.378 e. The highest BCUT2D eigenvalue weighted by Gasteiger charge is 2.20. The van der Waals surface area contributed by atoms with Crippen LogP contribution in [0.2, 0.25) is 0 Å². The number of rotatable bonds is 6. The van der Waals surface area contributed by atoms with Gasteiger partial charge in [0.05, 0.1) is 17.9 Å². The summed E-state index contributed by atoms with van der Waals surface area (Å²) in [6.45, 7) is 4.98. The zero-order chi connectivity index (χ0) is 20.5. The van der Waals surface area contributed by atoms with E-state index in [2.05, 4.69) is 34.1 Å². The van der Waals surface area contributed by atoms with Crippen LogP contribution in [0.5, 0.6) is 0 Å². The minimum Gasteiger partial charge on any atom is -0.378 e. The van der Waals surface area contributed by atoms with E-state index in [-0.39, 0.29) is 23.5 Å². The molecule has 0 saturated heterocycles. The van der Waals surface area contributed by atoms with E-state index in [1.54, 1.807) is 23.8 Å². The number of aromatic nitrogens is 6. The molecule has 9 heteroatoms. The van der Waals surface area contributed by atoms with Gasteiger partial charge in [0.25, 0.3) is 5.56 Å². The minimum absolute atomic E-state index is 0.154. The van der Waals surface area contributed by atoms with Crippen molar-refractivity contribution in [3.05, 3.63) is 52.5 Å². The molecular formula is C20H21FN6O2. The normalized spacial score (nSPS) is 11.8. The highest BCUT2D eigenvalue weighted by Crippen LogP contribution is 2.28. The molecule has 4 rings (SSSR count). The van der Waals surface area contributed by atoms with Crippen LogP contribution < -0.4 is 5.56 Å². The van der Waals surface area contributed by atoms with Crippen molar-refractivity contribution < 1.29 is 9.13 Å². The van der Waals surface area contributed by atoms with E-state index in [0.29, 0.717) is 35.0 Å². The van der Waals surface area contributed by atoms with Crippen molar-refractivity contribution in [2.45, 2.75) is 33.4 Å². The Hall–Kier alpha value is -3.20. The second-order valence-electron chi connectivity index (χ2n) is 7.29. The molecule has 0 spiro atoms. The summed E-state index contributed by atoms with van der Waals surface area (Å²) in [4.78, 5) is 17.3. The van der Waals surface area contributed by atoms with E-state index in [0.717, 1.165) is 12.0 Å². The second kappa shape index (κ2) is 7.67. The first-order valence-corrected chi connectivity index (χ1v) is 9.38. The molecular weight excluding hydrogens is 375 g/mol. The maximum absolute atomic E-state index is 13.4. The SMILES string of the molecule is COCc1nn2c(nnc3c(=O)n(CCC(C)C)cnc32)c1-c1ccc(F)cc1. The van der Waals surface area contributed by atoms with Gasteiger partial charge in [0.2, 0.25) is 0 Å². The summed E-state index contributed by atoms with van der Waals surface area (Å²) in [5.74, 6) is 0.130. The van der Waals surface area contributed by atoms with Crippen LogP contribution in [0, 0.1) is 11.7 Å². The summed E-state index contributed by atoms with van der Waals surface area (Å²) < 4.78 is 21.7. The number of aryl methyl sites for hydroxylation is 1. The van der Waals surface area contributed by atoms with Gasteiger partial charge in [-0.15, -0.1) is 10.2 Å². The first-order valence-electron chi connectivity index (χ1n) is 9.38. The van der Waals surface area contributed by atoms with E-state index >= 15 is 0 Å². The van der Waals surface area contributed by atoms with Crippen molar-refractivity contribution in [1.82, 2.24) is 29.4 Å². The summed E-state index contributed by atoms with van der Waals surface area (Å²) in [6, 6.07) is 6.04. The Kier molecular flexibility index (Phi) is 5.06. The lowest BCUT2D eigenvalue weighted by molar-refractivity contribution is 0.181. The topological polar surface area (TPSA) is 87.2 Å². The first kappa shape index (κ1) is 19.1. The van der Waals surface area contributed by atoms with Gasteiger partial charge in [-0.1, -0.05) is 26.0 Å². The van der Waals surface area contributed by atoms with Gasteiger partial charge >= 0.3 is 0 Å². The quantitative estimate of drug-likeness (QED) is 0.498. The molecule has 0 saturated carbocycles. The lowest BCUT2D eigenvalue weighted by Gasteiger charge is -2.08. The molecule has 29 heavy (non-hydrogen) atoms. The minimum atomic E-state index is -0.335. The highest BCUT2D eigenvalue weighted by atomic mass is 19.1. The standard InChI is InChI=1S/C20H21FN6O2/c1-12(2)8-9-26-11-22-19-17(20(26)28)23-24-18-16(13-4-6-14(21)7-5-13)15(10-29-3)25-27(18)19/h4-7,11-12H,8-10H2,1-3H3. The molecule has 3 aromatic heterocycles. The Morgan fingerprint density at radius 1 is 1.14 bits per heavy atom. The molecule has 0 N–H and O–H groups in total.